The fraction of sp³-hybridized carbons (Fsp3) is 0.400. The van der Waals surface area contributed by atoms with Crippen molar-refractivity contribution in [2.75, 3.05) is 13.1 Å². The van der Waals surface area contributed by atoms with Gasteiger partial charge in [-0.3, -0.25) is 0 Å². The van der Waals surface area contributed by atoms with Crippen molar-refractivity contribution in [2.24, 2.45) is 5.73 Å². The van der Waals surface area contributed by atoms with Crippen LogP contribution < -0.4 is 11.1 Å². The van der Waals surface area contributed by atoms with E-state index in [2.05, 4.69) is 39.9 Å². The Bertz CT molecular complexity index is 490. The molecule has 0 radical (unpaired) electrons. The first kappa shape index (κ1) is 14.2. The second-order valence-corrected chi connectivity index (χ2v) is 5.61. The van der Waals surface area contributed by atoms with Crippen molar-refractivity contribution in [1.82, 2.24) is 10.3 Å². The topological polar surface area (TPSA) is 50.9 Å². The van der Waals surface area contributed by atoms with Gasteiger partial charge in [0.15, 0.2) is 0 Å². The standard InChI is InChI=1S/C15H21N3S/c1-12-11-19-15(18-12)7-9-17-10-14-4-2-13(3-5-14)6-8-16/h2-5,11,17H,6-10,16H2,1H3. The summed E-state index contributed by atoms with van der Waals surface area (Å²) < 4.78 is 0. The third-order valence-electron chi connectivity index (χ3n) is 2.97. The average molecular weight is 275 g/mol. The summed E-state index contributed by atoms with van der Waals surface area (Å²) in [4.78, 5) is 4.45. The molecule has 0 aliphatic rings. The van der Waals surface area contributed by atoms with Crippen LogP contribution in [-0.4, -0.2) is 18.1 Å². The number of hydrogen-bond acceptors (Lipinski definition) is 4. The zero-order chi connectivity index (χ0) is 13.5. The molecular weight excluding hydrogens is 254 g/mol. The maximum atomic E-state index is 5.54. The van der Waals surface area contributed by atoms with Crippen molar-refractivity contribution in [3.63, 3.8) is 0 Å². The van der Waals surface area contributed by atoms with Crippen molar-refractivity contribution in [3.05, 3.63) is 51.5 Å². The first-order valence-electron chi connectivity index (χ1n) is 6.67. The lowest BCUT2D eigenvalue weighted by Crippen LogP contribution is -2.16. The Morgan fingerprint density at radius 3 is 2.53 bits per heavy atom. The van der Waals surface area contributed by atoms with Gasteiger partial charge < -0.3 is 11.1 Å². The number of nitrogens with two attached hydrogens (primary N) is 1. The largest absolute Gasteiger partial charge is 0.330 e. The van der Waals surface area contributed by atoms with E-state index in [1.165, 1.54) is 16.1 Å². The van der Waals surface area contributed by atoms with Crippen LogP contribution in [0, 0.1) is 6.92 Å². The Hall–Kier alpha value is -1.23. The van der Waals surface area contributed by atoms with Gasteiger partial charge in [0.25, 0.3) is 0 Å². The van der Waals surface area contributed by atoms with E-state index in [0.29, 0.717) is 6.54 Å². The molecule has 1 heterocycles. The van der Waals surface area contributed by atoms with E-state index >= 15 is 0 Å². The van der Waals surface area contributed by atoms with Crippen LogP contribution in [-0.2, 0) is 19.4 Å². The number of nitrogens with zero attached hydrogens (tertiary/aromatic N) is 1. The molecule has 3 nitrogen and oxygen atoms in total. The van der Waals surface area contributed by atoms with E-state index < -0.39 is 0 Å². The fourth-order valence-electron chi connectivity index (χ4n) is 1.94. The van der Waals surface area contributed by atoms with Crippen molar-refractivity contribution in [3.8, 4) is 0 Å². The van der Waals surface area contributed by atoms with Gasteiger partial charge in [0.1, 0.15) is 0 Å². The molecule has 0 atom stereocenters. The molecule has 0 saturated carbocycles. The molecule has 2 aromatic rings. The van der Waals surface area contributed by atoms with Crippen LogP contribution >= 0.6 is 11.3 Å². The third kappa shape index (κ3) is 4.74. The molecule has 0 aliphatic carbocycles. The molecule has 0 fully saturated rings. The second-order valence-electron chi connectivity index (χ2n) is 4.66. The SMILES string of the molecule is Cc1csc(CCNCc2ccc(CCN)cc2)n1. The molecule has 3 N–H and O–H groups in total. The normalized spacial score (nSPS) is 10.8. The molecular formula is C15H21N3S. The molecule has 19 heavy (non-hydrogen) atoms. The van der Waals surface area contributed by atoms with Gasteiger partial charge in [-0.05, 0) is 31.0 Å². The molecule has 1 aromatic carbocycles. The van der Waals surface area contributed by atoms with E-state index in [4.69, 9.17) is 5.73 Å². The Morgan fingerprint density at radius 1 is 1.16 bits per heavy atom. The third-order valence-corrected chi connectivity index (χ3v) is 3.99. The van der Waals surface area contributed by atoms with Gasteiger partial charge >= 0.3 is 0 Å². The lowest BCUT2D eigenvalue weighted by molar-refractivity contribution is 0.684. The summed E-state index contributed by atoms with van der Waals surface area (Å²) in [6, 6.07) is 8.67. The van der Waals surface area contributed by atoms with Gasteiger partial charge in [-0.1, -0.05) is 24.3 Å². The maximum absolute atomic E-state index is 5.54. The average Bonchev–Trinajstić information content (AvgIpc) is 2.83. The van der Waals surface area contributed by atoms with Crippen LogP contribution in [0.5, 0.6) is 0 Å². The minimum atomic E-state index is 0.713. The number of aryl methyl sites for hydroxylation is 1. The van der Waals surface area contributed by atoms with Gasteiger partial charge in [0.2, 0.25) is 0 Å². The summed E-state index contributed by atoms with van der Waals surface area (Å²) >= 11 is 1.74. The van der Waals surface area contributed by atoms with Crippen LogP contribution in [0.25, 0.3) is 0 Å². The predicted octanol–water partition coefficient (Wildman–Crippen LogP) is 2.29. The minimum Gasteiger partial charge on any atom is -0.330 e. The number of nitrogens with one attached hydrogen (secondary N) is 1. The number of hydrogen-bond donors (Lipinski definition) is 2. The molecule has 2 rings (SSSR count). The molecule has 0 aliphatic heterocycles. The van der Waals surface area contributed by atoms with Gasteiger partial charge in [-0.2, -0.15) is 0 Å². The quantitative estimate of drug-likeness (QED) is 0.762. The highest BCUT2D eigenvalue weighted by Gasteiger charge is 1.98. The first-order chi connectivity index (χ1) is 9.28. The van der Waals surface area contributed by atoms with Crippen LogP contribution in [0.4, 0.5) is 0 Å². The van der Waals surface area contributed by atoms with Crippen LogP contribution in [0.1, 0.15) is 21.8 Å². The predicted molar refractivity (Wildman–Crippen MR) is 81.5 cm³/mol. The smallest absolute Gasteiger partial charge is 0.0940 e. The Morgan fingerprint density at radius 2 is 1.89 bits per heavy atom. The van der Waals surface area contributed by atoms with Gasteiger partial charge in [-0.25, -0.2) is 4.98 Å². The highest BCUT2D eigenvalue weighted by atomic mass is 32.1. The lowest BCUT2D eigenvalue weighted by atomic mass is 10.1. The highest BCUT2D eigenvalue weighted by Crippen LogP contribution is 2.09. The molecule has 0 bridgehead atoms. The number of thiazole rings is 1. The summed E-state index contributed by atoms with van der Waals surface area (Å²) in [5.41, 5.74) is 9.28. The van der Waals surface area contributed by atoms with Crippen molar-refractivity contribution in [1.29, 1.82) is 0 Å². The zero-order valence-corrected chi connectivity index (χ0v) is 12.2. The van der Waals surface area contributed by atoms with Gasteiger partial charge in [-0.15, -0.1) is 11.3 Å². The summed E-state index contributed by atoms with van der Waals surface area (Å²) in [6.07, 6.45) is 1.96. The second kappa shape index (κ2) is 7.38. The Kier molecular flexibility index (Phi) is 5.51. The van der Waals surface area contributed by atoms with E-state index in [9.17, 15) is 0 Å². The van der Waals surface area contributed by atoms with E-state index in [0.717, 1.165) is 31.6 Å². The van der Waals surface area contributed by atoms with Gasteiger partial charge in [0, 0.05) is 30.6 Å². The Labute approximate surface area is 118 Å². The summed E-state index contributed by atoms with van der Waals surface area (Å²) in [6.45, 7) is 4.63. The molecule has 1 aromatic heterocycles. The van der Waals surface area contributed by atoms with E-state index in [1.807, 2.05) is 6.92 Å². The van der Waals surface area contributed by atoms with Crippen molar-refractivity contribution < 1.29 is 0 Å². The van der Waals surface area contributed by atoms with Crippen LogP contribution in [0.3, 0.4) is 0 Å². The molecule has 0 amide bonds. The minimum absolute atomic E-state index is 0.713. The zero-order valence-electron chi connectivity index (χ0n) is 11.4. The molecule has 102 valence electrons. The maximum Gasteiger partial charge on any atom is 0.0940 e. The highest BCUT2D eigenvalue weighted by molar-refractivity contribution is 7.09. The lowest BCUT2D eigenvalue weighted by Gasteiger charge is -2.05. The van der Waals surface area contributed by atoms with Crippen LogP contribution in [0.15, 0.2) is 29.6 Å². The number of benzene rings is 1. The van der Waals surface area contributed by atoms with E-state index in [-0.39, 0.29) is 0 Å². The molecule has 0 spiro atoms. The monoisotopic (exact) mass is 275 g/mol. The summed E-state index contributed by atoms with van der Waals surface area (Å²) in [5.74, 6) is 0. The first-order valence-corrected chi connectivity index (χ1v) is 7.55. The van der Waals surface area contributed by atoms with Crippen molar-refractivity contribution >= 4 is 11.3 Å². The molecule has 0 saturated heterocycles. The summed E-state index contributed by atoms with van der Waals surface area (Å²) in [7, 11) is 0. The summed E-state index contributed by atoms with van der Waals surface area (Å²) in [5, 5.41) is 6.77. The Balaban J connectivity index is 1.70. The number of aromatic nitrogens is 1. The van der Waals surface area contributed by atoms with E-state index in [1.54, 1.807) is 11.3 Å². The van der Waals surface area contributed by atoms with Crippen molar-refractivity contribution in [2.45, 2.75) is 26.3 Å². The van der Waals surface area contributed by atoms with Crippen LogP contribution in [0.2, 0.25) is 0 Å². The molecule has 0 unspecified atom stereocenters. The van der Waals surface area contributed by atoms with Gasteiger partial charge in [0.05, 0.1) is 5.01 Å². The fourth-order valence-corrected chi connectivity index (χ4v) is 2.71. The molecule has 4 heteroatoms. The number of rotatable bonds is 7.